The number of halogens is 1. The lowest BCUT2D eigenvalue weighted by Crippen LogP contribution is -2.65. The summed E-state index contributed by atoms with van der Waals surface area (Å²) >= 11 is 0. The average Bonchev–Trinajstić information content (AvgIpc) is 3.77. The lowest BCUT2D eigenvalue weighted by Gasteiger charge is -2.44. The van der Waals surface area contributed by atoms with Crippen molar-refractivity contribution < 1.29 is 18.8 Å². The van der Waals surface area contributed by atoms with Crippen LogP contribution < -0.4 is 11.1 Å². The van der Waals surface area contributed by atoms with Gasteiger partial charge in [0.2, 0.25) is 17.7 Å². The molecule has 0 radical (unpaired) electrons. The van der Waals surface area contributed by atoms with Crippen molar-refractivity contribution in [3.8, 4) is 0 Å². The van der Waals surface area contributed by atoms with Gasteiger partial charge in [-0.25, -0.2) is 4.39 Å². The van der Waals surface area contributed by atoms with Crippen LogP contribution in [0.2, 0.25) is 0 Å². The minimum atomic E-state index is -0.844. The number of nitrogens with one attached hydrogen (secondary N) is 1. The topological polar surface area (TPSA) is 95.7 Å². The smallest absolute Gasteiger partial charge is 0.246 e. The highest BCUT2D eigenvalue weighted by Crippen LogP contribution is 2.36. The van der Waals surface area contributed by atoms with E-state index >= 15 is 0 Å². The maximum absolute atomic E-state index is 14.0. The number of amides is 3. The number of likely N-dealkylation sites (N-methyl/N-ethyl adjacent to an activating group) is 1. The fourth-order valence-corrected chi connectivity index (χ4v) is 5.55. The third-order valence-corrected chi connectivity index (χ3v) is 7.92. The van der Waals surface area contributed by atoms with Crippen molar-refractivity contribution in [3.05, 3.63) is 83.7 Å². The van der Waals surface area contributed by atoms with Crippen molar-refractivity contribution in [1.82, 2.24) is 15.1 Å². The van der Waals surface area contributed by atoms with Crippen molar-refractivity contribution in [2.24, 2.45) is 11.7 Å². The molecule has 3 amide bonds. The molecule has 204 valence electrons. The summed E-state index contributed by atoms with van der Waals surface area (Å²) in [6, 6.07) is 17.9. The van der Waals surface area contributed by atoms with Gasteiger partial charge in [0, 0.05) is 26.6 Å². The van der Waals surface area contributed by atoms with Crippen LogP contribution in [-0.2, 0) is 27.2 Å². The second kappa shape index (κ2) is 11.5. The van der Waals surface area contributed by atoms with Crippen LogP contribution in [0.3, 0.4) is 0 Å². The zero-order valence-electron chi connectivity index (χ0n) is 22.2. The Hall–Kier alpha value is -3.78. The first-order valence-corrected chi connectivity index (χ1v) is 13.6. The zero-order valence-corrected chi connectivity index (χ0v) is 22.2. The molecule has 1 aliphatic carbocycles. The van der Waals surface area contributed by atoms with Gasteiger partial charge in [0.1, 0.15) is 17.9 Å². The number of carbonyl (C=O) groups excluding carboxylic acids is 3. The lowest BCUT2D eigenvalue weighted by molar-refractivity contribution is -0.156. The molecule has 1 saturated heterocycles. The first-order valence-electron chi connectivity index (χ1n) is 13.6. The number of fused-ring (bicyclic) bond motifs is 1. The summed E-state index contributed by atoms with van der Waals surface area (Å²) in [7, 11) is 1.58. The van der Waals surface area contributed by atoms with Crippen LogP contribution in [0.5, 0.6) is 0 Å². The number of nitrogens with zero attached hydrogens (tertiary/aromatic N) is 2. The van der Waals surface area contributed by atoms with Gasteiger partial charge in [0.05, 0.1) is 6.04 Å². The van der Waals surface area contributed by atoms with Gasteiger partial charge in [0.15, 0.2) is 0 Å². The molecule has 0 spiro atoms. The van der Waals surface area contributed by atoms with E-state index in [1.54, 1.807) is 29.0 Å². The molecule has 0 aromatic heterocycles. The van der Waals surface area contributed by atoms with Crippen molar-refractivity contribution in [2.75, 3.05) is 20.1 Å². The Kier molecular flexibility index (Phi) is 7.93. The van der Waals surface area contributed by atoms with Gasteiger partial charge in [-0.1, -0.05) is 67.4 Å². The van der Waals surface area contributed by atoms with Gasteiger partial charge in [-0.05, 0) is 52.8 Å². The van der Waals surface area contributed by atoms with Crippen molar-refractivity contribution in [2.45, 2.75) is 50.2 Å². The molecule has 1 heterocycles. The predicted molar refractivity (Wildman–Crippen MR) is 148 cm³/mol. The van der Waals surface area contributed by atoms with Crippen LogP contribution in [0, 0.1) is 11.7 Å². The average molecular weight is 531 g/mol. The van der Waals surface area contributed by atoms with Gasteiger partial charge < -0.3 is 20.9 Å². The van der Waals surface area contributed by atoms with Gasteiger partial charge in [-0.15, -0.1) is 0 Å². The second-order valence-electron chi connectivity index (χ2n) is 10.7. The Morgan fingerprint density at radius 3 is 2.36 bits per heavy atom. The van der Waals surface area contributed by atoms with E-state index in [4.69, 9.17) is 5.73 Å². The minimum Gasteiger partial charge on any atom is -0.357 e. The summed E-state index contributed by atoms with van der Waals surface area (Å²) in [6.07, 6.45) is 3.27. The molecule has 8 heteroatoms. The molecule has 3 atom stereocenters. The highest BCUT2D eigenvalue weighted by molar-refractivity contribution is 5.94. The Morgan fingerprint density at radius 2 is 1.67 bits per heavy atom. The van der Waals surface area contributed by atoms with E-state index in [0.717, 1.165) is 34.7 Å². The van der Waals surface area contributed by atoms with E-state index in [9.17, 15) is 18.8 Å². The van der Waals surface area contributed by atoms with Crippen molar-refractivity contribution in [1.29, 1.82) is 0 Å². The predicted octanol–water partition coefficient (Wildman–Crippen LogP) is 3.05. The number of benzene rings is 3. The van der Waals surface area contributed by atoms with Crippen LogP contribution in [0.1, 0.15) is 30.4 Å². The quantitative estimate of drug-likeness (QED) is 0.445. The summed E-state index contributed by atoms with van der Waals surface area (Å²) < 4.78 is 13.3. The molecule has 3 aromatic carbocycles. The third-order valence-electron chi connectivity index (χ3n) is 7.92. The van der Waals surface area contributed by atoms with E-state index in [1.807, 2.05) is 36.4 Å². The SMILES string of the molecule is CNC(=O)[C@H](Cc1ccc2ccccc2c1)N1CCN(C(=O)[C@H](N)Cc2ccc(F)cc2)[C@@H](CC2CC2)C1=O. The molecule has 7 nitrogen and oxygen atoms in total. The van der Waals surface area contributed by atoms with Crippen LogP contribution in [-0.4, -0.2) is 65.8 Å². The Morgan fingerprint density at radius 1 is 0.974 bits per heavy atom. The first-order chi connectivity index (χ1) is 18.8. The van der Waals surface area contributed by atoms with Gasteiger partial charge in [-0.2, -0.15) is 0 Å². The molecule has 5 rings (SSSR count). The maximum atomic E-state index is 14.0. The lowest BCUT2D eigenvalue weighted by atomic mass is 9.96. The standard InChI is InChI=1S/C31H35FN4O3/c1-34-29(37)27(19-22-8-11-23-4-2-3-5-24(23)16-22)35-14-15-36(28(31(35)39)18-21-6-7-21)30(38)26(33)17-20-9-12-25(32)13-10-20/h2-5,8-13,16,21,26-28H,6-7,14-15,17-19,33H2,1H3,(H,34,37)/t26-,27+,28+/m1/s1. The molecule has 2 fully saturated rings. The van der Waals surface area contributed by atoms with Crippen LogP contribution in [0.15, 0.2) is 66.7 Å². The Bertz CT molecular complexity index is 1360. The molecule has 1 saturated carbocycles. The first kappa shape index (κ1) is 26.8. The maximum Gasteiger partial charge on any atom is 0.246 e. The monoisotopic (exact) mass is 530 g/mol. The van der Waals surface area contributed by atoms with Gasteiger partial charge in [0.25, 0.3) is 0 Å². The molecule has 3 aromatic rings. The van der Waals surface area contributed by atoms with E-state index < -0.39 is 18.1 Å². The summed E-state index contributed by atoms with van der Waals surface area (Å²) in [4.78, 5) is 43.8. The highest BCUT2D eigenvalue weighted by atomic mass is 19.1. The number of hydrogen-bond donors (Lipinski definition) is 2. The van der Waals surface area contributed by atoms with Crippen LogP contribution in [0.25, 0.3) is 10.8 Å². The molecular weight excluding hydrogens is 495 g/mol. The molecule has 1 aliphatic heterocycles. The molecule has 0 unspecified atom stereocenters. The number of nitrogens with two attached hydrogens (primary N) is 1. The Labute approximate surface area is 228 Å². The number of carbonyl (C=O) groups is 3. The molecule has 0 bridgehead atoms. The third kappa shape index (κ3) is 6.11. The zero-order chi connectivity index (χ0) is 27.5. The van der Waals surface area contributed by atoms with Crippen LogP contribution >= 0.6 is 0 Å². The molecule has 3 N–H and O–H groups in total. The van der Waals surface area contributed by atoms with Crippen molar-refractivity contribution >= 4 is 28.5 Å². The largest absolute Gasteiger partial charge is 0.357 e. The van der Waals surface area contributed by atoms with Crippen molar-refractivity contribution in [3.63, 3.8) is 0 Å². The summed E-state index contributed by atoms with van der Waals surface area (Å²) in [5.74, 6) is -0.677. The summed E-state index contributed by atoms with van der Waals surface area (Å²) in [5.41, 5.74) is 8.04. The van der Waals surface area contributed by atoms with E-state index in [-0.39, 0.29) is 36.5 Å². The normalized spacial score (nSPS) is 19.2. The number of piperazine rings is 1. The molecular formula is C31H35FN4O3. The fourth-order valence-electron chi connectivity index (χ4n) is 5.55. The second-order valence-corrected chi connectivity index (χ2v) is 10.7. The van der Waals surface area contributed by atoms with Crippen LogP contribution in [0.4, 0.5) is 4.39 Å². The van der Waals surface area contributed by atoms with E-state index in [1.165, 1.54) is 12.1 Å². The minimum absolute atomic E-state index is 0.204. The van der Waals surface area contributed by atoms with Gasteiger partial charge >= 0.3 is 0 Å². The molecule has 39 heavy (non-hydrogen) atoms. The van der Waals surface area contributed by atoms with E-state index in [2.05, 4.69) is 11.4 Å². The fraction of sp³-hybridized carbons (Fsp3) is 0.387. The highest BCUT2D eigenvalue weighted by Gasteiger charge is 2.44. The summed E-state index contributed by atoms with van der Waals surface area (Å²) in [6.45, 7) is 0.560. The van der Waals surface area contributed by atoms with E-state index in [0.29, 0.717) is 25.3 Å². The number of rotatable bonds is 9. The molecule has 2 aliphatic rings. The Balaban J connectivity index is 1.35. The number of hydrogen-bond acceptors (Lipinski definition) is 4. The van der Waals surface area contributed by atoms with Gasteiger partial charge in [-0.3, -0.25) is 14.4 Å². The summed E-state index contributed by atoms with van der Waals surface area (Å²) in [5, 5.41) is 4.92.